The topological polar surface area (TPSA) is 64.6 Å². The van der Waals surface area contributed by atoms with E-state index in [0.717, 1.165) is 17.7 Å². The Balaban J connectivity index is 1.42. The van der Waals surface area contributed by atoms with Crippen molar-refractivity contribution in [3.8, 4) is 5.75 Å². The predicted octanol–water partition coefficient (Wildman–Crippen LogP) is 3.40. The van der Waals surface area contributed by atoms with Crippen LogP contribution < -0.4 is 10.1 Å². The molecule has 0 aliphatic heterocycles. The van der Waals surface area contributed by atoms with Crippen LogP contribution in [0.2, 0.25) is 0 Å². The van der Waals surface area contributed by atoms with Gasteiger partial charge in [-0.2, -0.15) is 0 Å². The summed E-state index contributed by atoms with van der Waals surface area (Å²) in [6.07, 6.45) is 0.852. The maximum absolute atomic E-state index is 11.8. The van der Waals surface area contributed by atoms with E-state index in [1.807, 2.05) is 37.3 Å². The van der Waals surface area contributed by atoms with Gasteiger partial charge < -0.3 is 14.8 Å². The van der Waals surface area contributed by atoms with Crippen molar-refractivity contribution in [2.24, 2.45) is 11.8 Å². The summed E-state index contributed by atoms with van der Waals surface area (Å²) in [5, 5.41) is 2.70. The molecule has 0 spiro atoms. The minimum absolute atomic E-state index is 0.0335. The summed E-state index contributed by atoms with van der Waals surface area (Å²) in [7, 11) is 0. The third-order valence-corrected chi connectivity index (χ3v) is 4.14. The van der Waals surface area contributed by atoms with E-state index in [1.165, 1.54) is 0 Å². The average Bonchev–Trinajstić information content (AvgIpc) is 3.37. The number of rotatable bonds is 7. The molecule has 0 unspecified atom stereocenters. The molecule has 3 rings (SSSR count). The minimum Gasteiger partial charge on any atom is -0.489 e. The van der Waals surface area contributed by atoms with Crippen molar-refractivity contribution in [2.45, 2.75) is 20.0 Å². The van der Waals surface area contributed by atoms with Gasteiger partial charge in [-0.25, -0.2) is 0 Å². The molecule has 2 aromatic rings. The highest BCUT2D eigenvalue weighted by molar-refractivity contribution is 5.93. The van der Waals surface area contributed by atoms with E-state index >= 15 is 0 Å². The van der Waals surface area contributed by atoms with E-state index in [1.54, 1.807) is 24.3 Å². The molecule has 1 aliphatic carbocycles. The number of esters is 1. The van der Waals surface area contributed by atoms with Crippen LogP contribution in [0.1, 0.15) is 18.9 Å². The SMILES string of the molecule is C[C@H]1C[C@@H]1C(=O)OCC(=O)Nc1ccc(OCc2ccccc2)cc1. The predicted molar refractivity (Wildman–Crippen MR) is 94.1 cm³/mol. The molecule has 1 amide bonds. The summed E-state index contributed by atoms with van der Waals surface area (Å²) in [5.41, 5.74) is 1.72. The van der Waals surface area contributed by atoms with Crippen LogP contribution >= 0.6 is 0 Å². The lowest BCUT2D eigenvalue weighted by atomic mass is 10.2. The van der Waals surface area contributed by atoms with Gasteiger partial charge in [-0.05, 0) is 42.2 Å². The zero-order chi connectivity index (χ0) is 17.6. The highest BCUT2D eigenvalue weighted by Gasteiger charge is 2.40. The second-order valence-electron chi connectivity index (χ2n) is 6.27. The van der Waals surface area contributed by atoms with Crippen LogP contribution in [0.25, 0.3) is 0 Å². The maximum atomic E-state index is 11.8. The Labute approximate surface area is 147 Å². The summed E-state index contributed by atoms with van der Waals surface area (Å²) in [5.74, 6) is 0.427. The summed E-state index contributed by atoms with van der Waals surface area (Å²) in [4.78, 5) is 23.4. The van der Waals surface area contributed by atoms with Gasteiger partial charge in [0.15, 0.2) is 6.61 Å². The lowest BCUT2D eigenvalue weighted by Crippen LogP contribution is -2.21. The number of amides is 1. The molecule has 1 saturated carbocycles. The van der Waals surface area contributed by atoms with Crippen molar-refractivity contribution in [1.29, 1.82) is 0 Å². The Morgan fingerprint density at radius 2 is 1.76 bits per heavy atom. The second kappa shape index (κ2) is 7.83. The van der Waals surface area contributed by atoms with Crippen LogP contribution in [0.5, 0.6) is 5.75 Å². The number of hydrogen-bond donors (Lipinski definition) is 1. The van der Waals surface area contributed by atoms with Crippen LogP contribution in [0.3, 0.4) is 0 Å². The minimum atomic E-state index is -0.348. The van der Waals surface area contributed by atoms with Gasteiger partial charge in [0.2, 0.25) is 0 Å². The Kier molecular flexibility index (Phi) is 5.33. The van der Waals surface area contributed by atoms with Crippen LogP contribution in [0, 0.1) is 11.8 Å². The second-order valence-corrected chi connectivity index (χ2v) is 6.27. The van der Waals surface area contributed by atoms with Crippen LogP contribution in [-0.4, -0.2) is 18.5 Å². The van der Waals surface area contributed by atoms with Gasteiger partial charge in [0.05, 0.1) is 5.92 Å². The summed E-state index contributed by atoms with van der Waals surface area (Å²) in [6, 6.07) is 17.0. The molecule has 2 aromatic carbocycles. The average molecular weight is 339 g/mol. The number of anilines is 1. The van der Waals surface area contributed by atoms with Gasteiger partial charge >= 0.3 is 5.97 Å². The molecule has 0 radical (unpaired) electrons. The summed E-state index contributed by atoms with van der Waals surface area (Å²) >= 11 is 0. The lowest BCUT2D eigenvalue weighted by molar-refractivity contribution is -0.148. The van der Waals surface area contributed by atoms with Crippen LogP contribution in [-0.2, 0) is 20.9 Å². The van der Waals surface area contributed by atoms with Crippen LogP contribution in [0.4, 0.5) is 5.69 Å². The molecule has 5 nitrogen and oxygen atoms in total. The molecule has 130 valence electrons. The molecule has 1 N–H and O–H groups in total. The van der Waals surface area contributed by atoms with Crippen molar-refractivity contribution < 1.29 is 19.1 Å². The van der Waals surface area contributed by atoms with Crippen molar-refractivity contribution in [3.05, 3.63) is 60.2 Å². The third kappa shape index (κ3) is 5.08. The van der Waals surface area contributed by atoms with Gasteiger partial charge in [0, 0.05) is 5.69 Å². The highest BCUT2D eigenvalue weighted by atomic mass is 16.5. The number of hydrogen-bond acceptors (Lipinski definition) is 4. The molecule has 2 atom stereocenters. The molecule has 0 bridgehead atoms. The van der Waals surface area contributed by atoms with E-state index in [4.69, 9.17) is 9.47 Å². The molecule has 0 aromatic heterocycles. The molecule has 1 fully saturated rings. The molecule has 25 heavy (non-hydrogen) atoms. The fourth-order valence-corrected chi connectivity index (χ4v) is 2.47. The van der Waals surface area contributed by atoms with E-state index in [-0.39, 0.29) is 24.4 Å². The molecule has 0 heterocycles. The normalized spacial score (nSPS) is 18.3. The first-order valence-corrected chi connectivity index (χ1v) is 8.35. The van der Waals surface area contributed by atoms with Crippen LogP contribution in [0.15, 0.2) is 54.6 Å². The van der Waals surface area contributed by atoms with Crippen molar-refractivity contribution >= 4 is 17.6 Å². The van der Waals surface area contributed by atoms with Gasteiger partial charge in [-0.15, -0.1) is 0 Å². The number of nitrogens with one attached hydrogen (secondary N) is 1. The van der Waals surface area contributed by atoms with Gasteiger partial charge in [-0.1, -0.05) is 37.3 Å². The molecular weight excluding hydrogens is 318 g/mol. The zero-order valence-corrected chi connectivity index (χ0v) is 14.1. The Hall–Kier alpha value is -2.82. The summed E-state index contributed by atoms with van der Waals surface area (Å²) in [6.45, 7) is 2.23. The summed E-state index contributed by atoms with van der Waals surface area (Å²) < 4.78 is 10.7. The monoisotopic (exact) mass is 339 g/mol. The first-order chi connectivity index (χ1) is 12.1. The molecular formula is C20H21NO4. The Morgan fingerprint density at radius 3 is 2.40 bits per heavy atom. The van der Waals surface area contributed by atoms with Crippen molar-refractivity contribution in [2.75, 3.05) is 11.9 Å². The largest absolute Gasteiger partial charge is 0.489 e. The first kappa shape index (κ1) is 17.0. The van der Waals surface area contributed by atoms with E-state index < -0.39 is 0 Å². The Bertz CT molecular complexity index is 727. The van der Waals surface area contributed by atoms with E-state index in [9.17, 15) is 9.59 Å². The molecule has 0 saturated heterocycles. The zero-order valence-electron chi connectivity index (χ0n) is 14.1. The lowest BCUT2D eigenvalue weighted by Gasteiger charge is -2.09. The fraction of sp³-hybridized carbons (Fsp3) is 0.300. The van der Waals surface area contributed by atoms with E-state index in [0.29, 0.717) is 18.2 Å². The smallest absolute Gasteiger partial charge is 0.309 e. The van der Waals surface area contributed by atoms with Crippen molar-refractivity contribution in [1.82, 2.24) is 0 Å². The number of carbonyl (C=O) groups excluding carboxylic acids is 2. The van der Waals surface area contributed by atoms with Gasteiger partial charge in [0.25, 0.3) is 5.91 Å². The number of carbonyl (C=O) groups is 2. The standard InChI is InChI=1S/C20H21NO4/c1-14-11-18(14)20(23)25-13-19(22)21-16-7-9-17(10-8-16)24-12-15-5-3-2-4-6-15/h2-10,14,18H,11-13H2,1H3,(H,21,22)/t14-,18-/m0/s1. The first-order valence-electron chi connectivity index (χ1n) is 8.35. The van der Waals surface area contributed by atoms with Crippen molar-refractivity contribution in [3.63, 3.8) is 0 Å². The fourth-order valence-electron chi connectivity index (χ4n) is 2.47. The third-order valence-electron chi connectivity index (χ3n) is 4.14. The molecule has 5 heteroatoms. The Morgan fingerprint density at radius 1 is 1.08 bits per heavy atom. The molecule has 1 aliphatic rings. The number of ether oxygens (including phenoxy) is 2. The van der Waals surface area contributed by atoms with E-state index in [2.05, 4.69) is 5.32 Å². The van der Waals surface area contributed by atoms with Gasteiger partial charge in [-0.3, -0.25) is 9.59 Å². The maximum Gasteiger partial charge on any atom is 0.309 e. The highest BCUT2D eigenvalue weighted by Crippen LogP contribution is 2.38. The number of benzene rings is 2. The van der Waals surface area contributed by atoms with Gasteiger partial charge in [0.1, 0.15) is 12.4 Å². The quantitative estimate of drug-likeness (QED) is 0.785.